The Morgan fingerprint density at radius 1 is 1.33 bits per heavy atom. The number of piperazine rings is 1. The summed E-state index contributed by atoms with van der Waals surface area (Å²) in [4.78, 5) is 13.6. The van der Waals surface area contributed by atoms with Crippen LogP contribution in [-0.2, 0) is 4.79 Å². The van der Waals surface area contributed by atoms with Gasteiger partial charge in [-0.15, -0.1) is 0 Å². The van der Waals surface area contributed by atoms with Crippen molar-refractivity contribution in [3.63, 3.8) is 0 Å². The van der Waals surface area contributed by atoms with Gasteiger partial charge >= 0.3 is 5.97 Å². The minimum absolute atomic E-state index is 0.0286. The molecule has 0 amide bonds. The molecule has 0 aromatic rings. The van der Waals surface area contributed by atoms with Gasteiger partial charge in [-0.05, 0) is 18.3 Å². The fourth-order valence-electron chi connectivity index (χ4n) is 2.85. The van der Waals surface area contributed by atoms with Crippen molar-refractivity contribution in [2.75, 3.05) is 32.7 Å². The summed E-state index contributed by atoms with van der Waals surface area (Å²) in [5.74, 6) is -0.650. The van der Waals surface area contributed by atoms with E-state index in [-0.39, 0.29) is 5.41 Å². The van der Waals surface area contributed by atoms with E-state index >= 15 is 0 Å². The fourth-order valence-corrected chi connectivity index (χ4v) is 2.85. The number of unbranched alkanes of at least 4 members (excludes halogenated alkanes) is 1. The Hall–Kier alpha value is -0.610. The molecule has 0 aromatic heterocycles. The first kappa shape index (κ1) is 15.4. The zero-order valence-corrected chi connectivity index (χ0v) is 11.9. The van der Waals surface area contributed by atoms with E-state index in [4.69, 9.17) is 0 Å². The molecule has 2 N–H and O–H groups in total. The highest BCUT2D eigenvalue weighted by Gasteiger charge is 2.32. The third kappa shape index (κ3) is 4.94. The number of aliphatic carboxylic acids is 1. The van der Waals surface area contributed by atoms with Crippen LogP contribution >= 0.6 is 0 Å². The lowest BCUT2D eigenvalue weighted by Gasteiger charge is -2.39. The minimum atomic E-state index is -0.650. The largest absolute Gasteiger partial charge is 0.481 e. The molecule has 0 aromatic carbocycles. The molecule has 106 valence electrons. The third-order valence-electron chi connectivity index (χ3n) is 4.11. The van der Waals surface area contributed by atoms with Gasteiger partial charge in [-0.1, -0.05) is 26.7 Å². The summed E-state index contributed by atoms with van der Waals surface area (Å²) >= 11 is 0. The zero-order chi connectivity index (χ0) is 13.4. The van der Waals surface area contributed by atoms with Crippen LogP contribution in [0.4, 0.5) is 0 Å². The molecule has 4 nitrogen and oxygen atoms in total. The smallest absolute Gasteiger partial charge is 0.303 e. The predicted molar refractivity (Wildman–Crippen MR) is 73.8 cm³/mol. The third-order valence-corrected chi connectivity index (χ3v) is 4.11. The van der Waals surface area contributed by atoms with Crippen LogP contribution < -0.4 is 5.32 Å². The van der Waals surface area contributed by atoms with E-state index in [0.29, 0.717) is 6.42 Å². The summed E-state index contributed by atoms with van der Waals surface area (Å²) in [5.41, 5.74) is -0.0286. The molecule has 0 aliphatic carbocycles. The molecule has 1 aliphatic rings. The SMILES string of the molecule is CCCCC(CC)(CC(=O)O)CN1CCNCC1. The fraction of sp³-hybridized carbons (Fsp3) is 0.929. The second-order valence-electron chi connectivity index (χ2n) is 5.55. The number of hydrogen-bond donors (Lipinski definition) is 2. The molecule has 1 saturated heterocycles. The first-order valence-electron chi connectivity index (χ1n) is 7.27. The molecular weight excluding hydrogens is 228 g/mol. The molecule has 0 saturated carbocycles. The van der Waals surface area contributed by atoms with E-state index in [1.807, 2.05) is 0 Å². The summed E-state index contributed by atoms with van der Waals surface area (Å²) in [5, 5.41) is 12.5. The predicted octanol–water partition coefficient (Wildman–Crippen LogP) is 1.95. The number of carbonyl (C=O) groups is 1. The van der Waals surface area contributed by atoms with Gasteiger partial charge in [-0.2, -0.15) is 0 Å². The molecule has 4 heteroatoms. The molecular formula is C14H28N2O2. The molecule has 1 heterocycles. The Labute approximate surface area is 111 Å². The highest BCUT2D eigenvalue weighted by Crippen LogP contribution is 2.34. The van der Waals surface area contributed by atoms with E-state index in [0.717, 1.165) is 58.4 Å². The van der Waals surface area contributed by atoms with Crippen molar-refractivity contribution in [1.82, 2.24) is 10.2 Å². The molecule has 1 atom stereocenters. The Kier molecular flexibility index (Phi) is 6.65. The maximum Gasteiger partial charge on any atom is 0.303 e. The van der Waals surface area contributed by atoms with Crippen molar-refractivity contribution in [2.45, 2.75) is 46.0 Å². The van der Waals surface area contributed by atoms with Gasteiger partial charge in [0.1, 0.15) is 0 Å². The topological polar surface area (TPSA) is 52.6 Å². The maximum absolute atomic E-state index is 11.1. The van der Waals surface area contributed by atoms with Crippen molar-refractivity contribution < 1.29 is 9.90 Å². The standard InChI is InChI=1S/C14H28N2O2/c1-3-5-6-14(4-2,11-13(17)18)12-16-9-7-15-8-10-16/h15H,3-12H2,1-2H3,(H,17,18). The van der Waals surface area contributed by atoms with E-state index in [1.165, 1.54) is 0 Å². The van der Waals surface area contributed by atoms with Gasteiger partial charge in [0.2, 0.25) is 0 Å². The van der Waals surface area contributed by atoms with Crippen molar-refractivity contribution in [3.05, 3.63) is 0 Å². The number of rotatable bonds is 8. The van der Waals surface area contributed by atoms with Crippen molar-refractivity contribution in [3.8, 4) is 0 Å². The van der Waals surface area contributed by atoms with Gasteiger partial charge in [0.05, 0.1) is 6.42 Å². The van der Waals surface area contributed by atoms with Gasteiger partial charge in [0, 0.05) is 32.7 Å². The Morgan fingerprint density at radius 2 is 2.00 bits per heavy atom. The first-order chi connectivity index (χ1) is 8.62. The summed E-state index contributed by atoms with van der Waals surface area (Å²) in [6, 6.07) is 0. The second-order valence-corrected chi connectivity index (χ2v) is 5.55. The Morgan fingerprint density at radius 3 is 2.50 bits per heavy atom. The highest BCUT2D eigenvalue weighted by molar-refractivity contribution is 5.67. The average Bonchev–Trinajstić information content (AvgIpc) is 2.36. The van der Waals surface area contributed by atoms with Crippen LogP contribution in [0.3, 0.4) is 0 Å². The minimum Gasteiger partial charge on any atom is -0.481 e. The molecule has 0 bridgehead atoms. The van der Waals surface area contributed by atoms with E-state index in [2.05, 4.69) is 24.1 Å². The van der Waals surface area contributed by atoms with Crippen LogP contribution in [0.15, 0.2) is 0 Å². The monoisotopic (exact) mass is 256 g/mol. The molecule has 1 fully saturated rings. The summed E-state index contributed by atoms with van der Waals surface area (Å²) < 4.78 is 0. The average molecular weight is 256 g/mol. The summed E-state index contributed by atoms with van der Waals surface area (Å²) in [7, 11) is 0. The number of carboxylic acids is 1. The number of nitrogens with one attached hydrogen (secondary N) is 1. The lowest BCUT2D eigenvalue weighted by atomic mass is 9.76. The van der Waals surface area contributed by atoms with E-state index < -0.39 is 5.97 Å². The molecule has 1 unspecified atom stereocenters. The van der Waals surface area contributed by atoms with Gasteiger partial charge in [-0.3, -0.25) is 4.79 Å². The highest BCUT2D eigenvalue weighted by atomic mass is 16.4. The molecule has 0 radical (unpaired) electrons. The van der Waals surface area contributed by atoms with Crippen LogP contribution in [-0.4, -0.2) is 48.7 Å². The number of hydrogen-bond acceptors (Lipinski definition) is 3. The van der Waals surface area contributed by atoms with Gasteiger partial charge in [0.15, 0.2) is 0 Å². The molecule has 0 spiro atoms. The number of nitrogens with zero attached hydrogens (tertiary/aromatic N) is 1. The van der Waals surface area contributed by atoms with Crippen LogP contribution in [0.25, 0.3) is 0 Å². The van der Waals surface area contributed by atoms with Crippen LogP contribution in [0.1, 0.15) is 46.0 Å². The van der Waals surface area contributed by atoms with Crippen LogP contribution in [0, 0.1) is 5.41 Å². The lowest BCUT2D eigenvalue weighted by Crippen LogP contribution is -2.48. The Bertz CT molecular complexity index is 252. The van der Waals surface area contributed by atoms with Gasteiger partial charge in [-0.25, -0.2) is 0 Å². The number of carboxylic acid groups (broad SMARTS) is 1. The van der Waals surface area contributed by atoms with Crippen LogP contribution in [0.5, 0.6) is 0 Å². The Balaban J connectivity index is 2.63. The van der Waals surface area contributed by atoms with Gasteiger partial charge < -0.3 is 15.3 Å². The molecule has 18 heavy (non-hydrogen) atoms. The van der Waals surface area contributed by atoms with Gasteiger partial charge in [0.25, 0.3) is 0 Å². The quantitative estimate of drug-likeness (QED) is 0.697. The first-order valence-corrected chi connectivity index (χ1v) is 7.27. The zero-order valence-electron chi connectivity index (χ0n) is 11.9. The van der Waals surface area contributed by atoms with Crippen molar-refractivity contribution >= 4 is 5.97 Å². The van der Waals surface area contributed by atoms with Crippen LogP contribution in [0.2, 0.25) is 0 Å². The summed E-state index contributed by atoms with van der Waals surface area (Å²) in [6.45, 7) is 9.41. The van der Waals surface area contributed by atoms with Crippen molar-refractivity contribution in [2.24, 2.45) is 5.41 Å². The maximum atomic E-state index is 11.1. The second kappa shape index (κ2) is 7.74. The normalized spacial score (nSPS) is 20.6. The summed E-state index contributed by atoms with van der Waals surface area (Å²) in [6.07, 6.45) is 4.59. The lowest BCUT2D eigenvalue weighted by molar-refractivity contribution is -0.140. The molecule has 1 rings (SSSR count). The van der Waals surface area contributed by atoms with Crippen molar-refractivity contribution in [1.29, 1.82) is 0 Å². The van der Waals surface area contributed by atoms with E-state index in [1.54, 1.807) is 0 Å². The molecule has 1 aliphatic heterocycles. The van der Waals surface area contributed by atoms with E-state index in [9.17, 15) is 9.90 Å².